The second-order valence-corrected chi connectivity index (χ2v) is 3.80. The zero-order valence-electron chi connectivity index (χ0n) is 7.60. The first-order valence-corrected chi connectivity index (χ1v) is 4.45. The number of Topliss-reactive ketones (excluding diaryl/α,β-unsaturated/α-hetero) is 1. The molecule has 1 rings (SSSR count). The highest BCUT2D eigenvalue weighted by molar-refractivity contribution is 5.89. The number of hydrogen-bond donors (Lipinski definition) is 1. The van der Waals surface area contributed by atoms with Crippen LogP contribution in [0.4, 0.5) is 0 Å². The third kappa shape index (κ3) is 1.95. The Morgan fingerprint density at radius 3 is 2.42 bits per heavy atom. The highest BCUT2D eigenvalue weighted by Crippen LogP contribution is 2.31. The van der Waals surface area contributed by atoms with E-state index >= 15 is 0 Å². The summed E-state index contributed by atoms with van der Waals surface area (Å²) in [6, 6.07) is 0. The van der Waals surface area contributed by atoms with Gasteiger partial charge in [-0.25, -0.2) is 0 Å². The molecule has 0 radical (unpaired) electrons. The fourth-order valence-electron chi connectivity index (χ4n) is 1.68. The summed E-state index contributed by atoms with van der Waals surface area (Å²) >= 11 is 0. The maximum absolute atomic E-state index is 11.5. The van der Waals surface area contributed by atoms with Crippen molar-refractivity contribution in [2.75, 3.05) is 0 Å². The van der Waals surface area contributed by atoms with Crippen molar-refractivity contribution in [3.8, 4) is 0 Å². The SMILES string of the molecule is C=C(C)CC(=O)C1(O)CCCC1. The third-order valence-corrected chi connectivity index (χ3v) is 2.41. The summed E-state index contributed by atoms with van der Waals surface area (Å²) in [4.78, 5) is 11.5. The fraction of sp³-hybridized carbons (Fsp3) is 0.700. The highest BCUT2D eigenvalue weighted by atomic mass is 16.3. The Labute approximate surface area is 73.3 Å². The molecule has 0 bridgehead atoms. The molecule has 0 saturated heterocycles. The molecule has 1 aliphatic carbocycles. The number of carbonyl (C=O) groups is 1. The quantitative estimate of drug-likeness (QED) is 0.653. The van der Waals surface area contributed by atoms with E-state index in [0.29, 0.717) is 19.3 Å². The number of aliphatic hydroxyl groups is 1. The number of allylic oxidation sites excluding steroid dienone is 1. The van der Waals surface area contributed by atoms with Crippen LogP contribution in [0, 0.1) is 0 Å². The molecule has 2 nitrogen and oxygen atoms in total. The molecule has 0 aromatic rings. The second-order valence-electron chi connectivity index (χ2n) is 3.80. The molecule has 0 aromatic carbocycles. The predicted octanol–water partition coefficient (Wildman–Crippen LogP) is 1.83. The predicted molar refractivity (Wildman–Crippen MR) is 47.9 cm³/mol. The van der Waals surface area contributed by atoms with Crippen LogP contribution >= 0.6 is 0 Å². The van der Waals surface area contributed by atoms with Crippen molar-refractivity contribution in [3.63, 3.8) is 0 Å². The summed E-state index contributed by atoms with van der Waals surface area (Å²) < 4.78 is 0. The molecule has 0 aromatic heterocycles. The van der Waals surface area contributed by atoms with E-state index in [0.717, 1.165) is 18.4 Å². The molecule has 2 heteroatoms. The minimum atomic E-state index is -1.01. The maximum Gasteiger partial charge on any atom is 0.168 e. The van der Waals surface area contributed by atoms with E-state index in [9.17, 15) is 9.90 Å². The van der Waals surface area contributed by atoms with Gasteiger partial charge in [-0.2, -0.15) is 0 Å². The van der Waals surface area contributed by atoms with E-state index < -0.39 is 5.60 Å². The lowest BCUT2D eigenvalue weighted by Gasteiger charge is -2.19. The van der Waals surface area contributed by atoms with Crippen LogP contribution in [0.3, 0.4) is 0 Å². The number of rotatable bonds is 3. The van der Waals surface area contributed by atoms with Crippen LogP contribution in [0.1, 0.15) is 39.0 Å². The molecule has 1 fully saturated rings. The van der Waals surface area contributed by atoms with Gasteiger partial charge >= 0.3 is 0 Å². The normalized spacial score (nSPS) is 20.8. The average molecular weight is 168 g/mol. The van der Waals surface area contributed by atoms with E-state index in [4.69, 9.17) is 0 Å². The van der Waals surface area contributed by atoms with Gasteiger partial charge in [0.25, 0.3) is 0 Å². The van der Waals surface area contributed by atoms with E-state index in [1.807, 2.05) is 6.92 Å². The molecule has 12 heavy (non-hydrogen) atoms. The zero-order valence-corrected chi connectivity index (χ0v) is 7.60. The number of ketones is 1. The van der Waals surface area contributed by atoms with E-state index in [2.05, 4.69) is 6.58 Å². The highest BCUT2D eigenvalue weighted by Gasteiger charge is 2.37. The van der Waals surface area contributed by atoms with Crippen molar-refractivity contribution in [3.05, 3.63) is 12.2 Å². The van der Waals surface area contributed by atoms with E-state index in [-0.39, 0.29) is 5.78 Å². The van der Waals surface area contributed by atoms with Gasteiger partial charge in [-0.3, -0.25) is 4.79 Å². The summed E-state index contributed by atoms with van der Waals surface area (Å²) in [7, 11) is 0. The minimum absolute atomic E-state index is 0.0486. The first kappa shape index (κ1) is 9.46. The van der Waals surface area contributed by atoms with Crippen LogP contribution in [-0.2, 0) is 4.79 Å². The Hall–Kier alpha value is -0.630. The summed E-state index contributed by atoms with van der Waals surface area (Å²) in [5.74, 6) is -0.0486. The molecule has 0 atom stereocenters. The van der Waals surface area contributed by atoms with E-state index in [1.54, 1.807) is 0 Å². The van der Waals surface area contributed by atoms with Gasteiger partial charge in [-0.15, -0.1) is 0 Å². The Kier molecular flexibility index (Phi) is 2.68. The molecule has 0 heterocycles. The van der Waals surface area contributed by atoms with Crippen LogP contribution in [-0.4, -0.2) is 16.5 Å². The van der Waals surface area contributed by atoms with Crippen molar-refractivity contribution >= 4 is 5.78 Å². The summed E-state index contributed by atoms with van der Waals surface area (Å²) in [6.45, 7) is 5.48. The van der Waals surface area contributed by atoms with Crippen molar-refractivity contribution in [1.82, 2.24) is 0 Å². The lowest BCUT2D eigenvalue weighted by atomic mass is 9.92. The molecule has 1 aliphatic rings. The zero-order chi connectivity index (χ0) is 9.19. The molecule has 0 unspecified atom stereocenters. The average Bonchev–Trinajstić information content (AvgIpc) is 2.36. The van der Waals surface area contributed by atoms with Gasteiger partial charge in [-0.05, 0) is 32.6 Å². The van der Waals surface area contributed by atoms with Crippen molar-refractivity contribution < 1.29 is 9.90 Å². The van der Waals surface area contributed by atoms with Gasteiger partial charge in [-0.1, -0.05) is 12.2 Å². The van der Waals surface area contributed by atoms with E-state index in [1.165, 1.54) is 0 Å². The lowest BCUT2D eigenvalue weighted by Crippen LogP contribution is -2.35. The van der Waals surface area contributed by atoms with Crippen LogP contribution in [0.2, 0.25) is 0 Å². The molecular weight excluding hydrogens is 152 g/mol. The molecule has 68 valence electrons. The Bertz CT molecular complexity index is 200. The molecule has 1 saturated carbocycles. The molecule has 0 spiro atoms. The van der Waals surface area contributed by atoms with Crippen molar-refractivity contribution in [2.24, 2.45) is 0 Å². The largest absolute Gasteiger partial charge is 0.382 e. The lowest BCUT2D eigenvalue weighted by molar-refractivity contribution is -0.135. The summed E-state index contributed by atoms with van der Waals surface area (Å²) in [5, 5.41) is 9.82. The van der Waals surface area contributed by atoms with Gasteiger partial charge in [0.2, 0.25) is 0 Å². The molecule has 1 N–H and O–H groups in total. The minimum Gasteiger partial charge on any atom is -0.382 e. The fourth-order valence-corrected chi connectivity index (χ4v) is 1.68. The summed E-state index contributed by atoms with van der Waals surface area (Å²) in [5.41, 5.74) is -0.181. The number of carbonyl (C=O) groups excluding carboxylic acids is 1. The summed E-state index contributed by atoms with van der Waals surface area (Å²) in [6.07, 6.45) is 3.55. The Balaban J connectivity index is 2.56. The number of hydrogen-bond acceptors (Lipinski definition) is 2. The standard InChI is InChI=1S/C10H16O2/c1-8(2)7-9(11)10(12)5-3-4-6-10/h12H,1,3-7H2,2H3. The van der Waals surface area contributed by atoms with Crippen LogP contribution in [0.15, 0.2) is 12.2 Å². The first-order valence-electron chi connectivity index (χ1n) is 4.45. The van der Waals surface area contributed by atoms with Crippen molar-refractivity contribution in [1.29, 1.82) is 0 Å². The van der Waals surface area contributed by atoms with Gasteiger partial charge in [0.15, 0.2) is 5.78 Å². The molecule has 0 aliphatic heterocycles. The van der Waals surface area contributed by atoms with Gasteiger partial charge < -0.3 is 5.11 Å². The Morgan fingerprint density at radius 1 is 1.50 bits per heavy atom. The second kappa shape index (κ2) is 3.40. The Morgan fingerprint density at radius 2 is 2.00 bits per heavy atom. The van der Waals surface area contributed by atoms with Gasteiger partial charge in [0.1, 0.15) is 5.60 Å². The van der Waals surface area contributed by atoms with Gasteiger partial charge in [0, 0.05) is 6.42 Å². The topological polar surface area (TPSA) is 37.3 Å². The maximum atomic E-state index is 11.5. The first-order chi connectivity index (χ1) is 5.54. The smallest absolute Gasteiger partial charge is 0.168 e. The molecule has 0 amide bonds. The van der Waals surface area contributed by atoms with Crippen LogP contribution in [0.25, 0.3) is 0 Å². The molecular formula is C10H16O2. The van der Waals surface area contributed by atoms with Gasteiger partial charge in [0.05, 0.1) is 0 Å². The monoisotopic (exact) mass is 168 g/mol. The third-order valence-electron chi connectivity index (χ3n) is 2.41. The van der Waals surface area contributed by atoms with Crippen molar-refractivity contribution in [2.45, 2.75) is 44.6 Å². The van der Waals surface area contributed by atoms with Crippen LogP contribution in [0.5, 0.6) is 0 Å². The van der Waals surface area contributed by atoms with Crippen LogP contribution < -0.4 is 0 Å².